The first kappa shape index (κ1) is 10.7. The monoisotopic (exact) mass is 247 g/mol. The molecule has 0 saturated carbocycles. The maximum Gasteiger partial charge on any atom is 0.207 e. The summed E-state index contributed by atoms with van der Waals surface area (Å²) in [5.74, 6) is 0. The summed E-state index contributed by atoms with van der Waals surface area (Å²) < 4.78 is 7.03. The Labute approximate surface area is 103 Å². The Morgan fingerprint density at radius 3 is 3.24 bits per heavy atom. The average Bonchev–Trinajstić information content (AvgIpc) is 2.75. The van der Waals surface area contributed by atoms with E-state index in [0.717, 1.165) is 19.4 Å². The standard InChI is InChI=1S/C13H13NO2S/c15-8-14-7-11-13-10(5-6-16-11)9-3-1-2-4-12(9)17-13/h1-4,8,11H,5-7H2,(H,14,15). The van der Waals surface area contributed by atoms with Crippen molar-refractivity contribution in [3.05, 3.63) is 34.7 Å². The molecule has 2 heterocycles. The van der Waals surface area contributed by atoms with E-state index in [4.69, 9.17) is 4.74 Å². The number of hydrogen-bond acceptors (Lipinski definition) is 3. The van der Waals surface area contributed by atoms with E-state index in [2.05, 4.69) is 29.6 Å². The molecule has 1 aromatic carbocycles. The van der Waals surface area contributed by atoms with E-state index in [1.165, 1.54) is 20.5 Å². The second-order valence-electron chi connectivity index (χ2n) is 4.08. The van der Waals surface area contributed by atoms with Crippen LogP contribution in [-0.4, -0.2) is 19.6 Å². The van der Waals surface area contributed by atoms with Crippen LogP contribution in [0.4, 0.5) is 0 Å². The summed E-state index contributed by atoms with van der Waals surface area (Å²) in [4.78, 5) is 11.6. The first-order valence-electron chi connectivity index (χ1n) is 5.69. The second-order valence-corrected chi connectivity index (χ2v) is 5.16. The van der Waals surface area contributed by atoms with E-state index < -0.39 is 0 Å². The minimum Gasteiger partial charge on any atom is -0.370 e. The van der Waals surface area contributed by atoms with Crippen molar-refractivity contribution in [2.24, 2.45) is 0 Å². The molecule has 1 atom stereocenters. The van der Waals surface area contributed by atoms with Crippen LogP contribution in [0.25, 0.3) is 10.1 Å². The van der Waals surface area contributed by atoms with Crippen LogP contribution in [0.1, 0.15) is 16.5 Å². The van der Waals surface area contributed by atoms with Crippen LogP contribution in [0.5, 0.6) is 0 Å². The Bertz CT molecular complexity index is 549. The predicted octanol–water partition coefficient (Wildman–Crippen LogP) is 2.26. The van der Waals surface area contributed by atoms with E-state index in [1.807, 2.05) is 0 Å². The SMILES string of the molecule is O=CNCC1OCCc2c1sc1ccccc21. The minimum absolute atomic E-state index is 0.0151. The molecule has 17 heavy (non-hydrogen) atoms. The highest BCUT2D eigenvalue weighted by Gasteiger charge is 2.24. The van der Waals surface area contributed by atoms with E-state index in [-0.39, 0.29) is 6.10 Å². The molecule has 2 aromatic rings. The fourth-order valence-electron chi connectivity index (χ4n) is 2.32. The molecule has 0 spiro atoms. The zero-order valence-corrected chi connectivity index (χ0v) is 10.1. The quantitative estimate of drug-likeness (QED) is 0.845. The van der Waals surface area contributed by atoms with Crippen LogP contribution in [0, 0.1) is 0 Å². The summed E-state index contributed by atoms with van der Waals surface area (Å²) in [5, 5.41) is 4.04. The number of thiophene rings is 1. The third-order valence-corrected chi connectivity index (χ3v) is 4.38. The van der Waals surface area contributed by atoms with Gasteiger partial charge in [0.2, 0.25) is 6.41 Å². The number of ether oxygens (including phenoxy) is 1. The third kappa shape index (κ3) is 1.83. The van der Waals surface area contributed by atoms with Crippen molar-refractivity contribution in [2.75, 3.05) is 13.2 Å². The molecule has 1 aliphatic heterocycles. The van der Waals surface area contributed by atoms with Gasteiger partial charge in [-0.15, -0.1) is 11.3 Å². The molecular weight excluding hydrogens is 234 g/mol. The number of fused-ring (bicyclic) bond motifs is 3. The van der Waals surface area contributed by atoms with Crippen LogP contribution < -0.4 is 5.32 Å². The Morgan fingerprint density at radius 2 is 2.35 bits per heavy atom. The van der Waals surface area contributed by atoms with E-state index in [1.54, 1.807) is 11.3 Å². The summed E-state index contributed by atoms with van der Waals surface area (Å²) in [7, 11) is 0. The maximum absolute atomic E-state index is 10.4. The summed E-state index contributed by atoms with van der Waals surface area (Å²) in [6, 6.07) is 8.44. The van der Waals surface area contributed by atoms with Crippen molar-refractivity contribution in [3.8, 4) is 0 Å². The number of hydrogen-bond donors (Lipinski definition) is 1. The molecule has 0 fully saturated rings. The highest BCUT2D eigenvalue weighted by molar-refractivity contribution is 7.19. The Hall–Kier alpha value is -1.39. The number of rotatable bonds is 3. The zero-order chi connectivity index (χ0) is 11.7. The van der Waals surface area contributed by atoms with Gasteiger partial charge in [0.25, 0.3) is 0 Å². The van der Waals surface area contributed by atoms with E-state index in [9.17, 15) is 4.79 Å². The first-order valence-corrected chi connectivity index (χ1v) is 6.50. The van der Waals surface area contributed by atoms with Crippen LogP contribution in [0.2, 0.25) is 0 Å². The highest BCUT2D eigenvalue weighted by Crippen LogP contribution is 2.39. The van der Waals surface area contributed by atoms with Gasteiger partial charge >= 0.3 is 0 Å². The van der Waals surface area contributed by atoms with Crippen molar-refractivity contribution in [3.63, 3.8) is 0 Å². The number of amides is 1. The largest absolute Gasteiger partial charge is 0.370 e. The van der Waals surface area contributed by atoms with Gasteiger partial charge in [-0.25, -0.2) is 0 Å². The van der Waals surface area contributed by atoms with Gasteiger partial charge in [-0.3, -0.25) is 4.79 Å². The molecule has 1 amide bonds. The van der Waals surface area contributed by atoms with Crippen molar-refractivity contribution in [1.29, 1.82) is 0 Å². The lowest BCUT2D eigenvalue weighted by atomic mass is 10.0. The molecule has 3 nitrogen and oxygen atoms in total. The topological polar surface area (TPSA) is 38.3 Å². The summed E-state index contributed by atoms with van der Waals surface area (Å²) >= 11 is 1.78. The average molecular weight is 247 g/mol. The fourth-order valence-corrected chi connectivity index (χ4v) is 3.62. The van der Waals surface area contributed by atoms with Gasteiger partial charge in [-0.2, -0.15) is 0 Å². The second kappa shape index (κ2) is 4.47. The minimum atomic E-state index is 0.0151. The van der Waals surface area contributed by atoms with Gasteiger partial charge in [0.15, 0.2) is 0 Å². The van der Waals surface area contributed by atoms with Gasteiger partial charge in [-0.1, -0.05) is 18.2 Å². The van der Waals surface area contributed by atoms with Gasteiger partial charge in [0, 0.05) is 16.1 Å². The number of benzene rings is 1. The number of nitrogens with one attached hydrogen (secondary N) is 1. The smallest absolute Gasteiger partial charge is 0.207 e. The Morgan fingerprint density at radius 1 is 1.47 bits per heavy atom. The van der Waals surface area contributed by atoms with Gasteiger partial charge in [0.05, 0.1) is 6.61 Å². The molecule has 1 N–H and O–H groups in total. The molecule has 1 aliphatic rings. The van der Waals surface area contributed by atoms with Crippen molar-refractivity contribution in [1.82, 2.24) is 5.32 Å². The van der Waals surface area contributed by atoms with Crippen molar-refractivity contribution < 1.29 is 9.53 Å². The van der Waals surface area contributed by atoms with Crippen LogP contribution in [0.15, 0.2) is 24.3 Å². The fraction of sp³-hybridized carbons (Fsp3) is 0.308. The van der Waals surface area contributed by atoms with E-state index in [0.29, 0.717) is 6.54 Å². The molecule has 4 heteroatoms. The summed E-state index contributed by atoms with van der Waals surface area (Å²) in [6.07, 6.45) is 1.71. The molecule has 0 radical (unpaired) electrons. The first-order chi connectivity index (χ1) is 8.40. The zero-order valence-electron chi connectivity index (χ0n) is 9.31. The molecular formula is C13H13NO2S. The van der Waals surface area contributed by atoms with Gasteiger partial charge in [-0.05, 0) is 23.4 Å². The van der Waals surface area contributed by atoms with Crippen LogP contribution >= 0.6 is 11.3 Å². The van der Waals surface area contributed by atoms with Crippen LogP contribution in [0.3, 0.4) is 0 Å². The lowest BCUT2D eigenvalue weighted by Crippen LogP contribution is -2.25. The third-order valence-electron chi connectivity index (χ3n) is 3.08. The Kier molecular flexibility index (Phi) is 2.82. The van der Waals surface area contributed by atoms with Crippen molar-refractivity contribution in [2.45, 2.75) is 12.5 Å². The van der Waals surface area contributed by atoms with Crippen molar-refractivity contribution >= 4 is 27.8 Å². The highest BCUT2D eigenvalue weighted by atomic mass is 32.1. The molecule has 88 valence electrons. The molecule has 0 bridgehead atoms. The lowest BCUT2D eigenvalue weighted by molar-refractivity contribution is -0.110. The number of carbonyl (C=O) groups excluding carboxylic acids is 1. The summed E-state index contributed by atoms with van der Waals surface area (Å²) in [5.41, 5.74) is 1.40. The van der Waals surface area contributed by atoms with Gasteiger partial charge < -0.3 is 10.1 Å². The predicted molar refractivity (Wildman–Crippen MR) is 68.3 cm³/mol. The summed E-state index contributed by atoms with van der Waals surface area (Å²) in [6.45, 7) is 1.29. The molecule has 1 aromatic heterocycles. The lowest BCUT2D eigenvalue weighted by Gasteiger charge is -2.22. The molecule has 1 unspecified atom stereocenters. The Balaban J connectivity index is 2.04. The molecule has 0 saturated heterocycles. The van der Waals surface area contributed by atoms with E-state index >= 15 is 0 Å². The molecule has 3 rings (SSSR count). The normalized spacial score (nSPS) is 18.9. The number of carbonyl (C=O) groups is 1. The van der Waals surface area contributed by atoms with Crippen LogP contribution in [-0.2, 0) is 16.0 Å². The van der Waals surface area contributed by atoms with Gasteiger partial charge in [0.1, 0.15) is 6.10 Å². The molecule has 0 aliphatic carbocycles. The maximum atomic E-state index is 10.4.